The van der Waals surface area contributed by atoms with Crippen LogP contribution in [0.5, 0.6) is 5.75 Å². The number of phenols is 1. The van der Waals surface area contributed by atoms with Crippen molar-refractivity contribution in [1.82, 2.24) is 0 Å². The van der Waals surface area contributed by atoms with Gasteiger partial charge in [0.25, 0.3) is 0 Å². The van der Waals surface area contributed by atoms with Crippen molar-refractivity contribution in [3.63, 3.8) is 0 Å². The van der Waals surface area contributed by atoms with Crippen molar-refractivity contribution in [3.05, 3.63) is 28.8 Å². The summed E-state index contributed by atoms with van der Waals surface area (Å²) in [6, 6.07) is 3.45. The van der Waals surface area contributed by atoms with Gasteiger partial charge in [0.05, 0.1) is 30.8 Å². The lowest BCUT2D eigenvalue weighted by molar-refractivity contribution is -0.145. The molecule has 0 aliphatic rings. The first-order valence-electron chi connectivity index (χ1n) is 9.31. The van der Waals surface area contributed by atoms with Gasteiger partial charge in [-0.05, 0) is 33.9 Å². The van der Waals surface area contributed by atoms with Crippen molar-refractivity contribution in [3.8, 4) is 5.75 Å². The molecule has 2 unspecified atom stereocenters. The Bertz CT molecular complexity index is 657. The third-order valence-electron chi connectivity index (χ3n) is 5.22. The summed E-state index contributed by atoms with van der Waals surface area (Å²) in [5.74, 6) is 0.164. The molecule has 7 heteroatoms. The molecule has 1 aromatic carbocycles. The number of thiol groups is 1. The molecule has 0 aliphatic carbocycles. The minimum Gasteiger partial charge on any atom is -0.507 e. The zero-order chi connectivity index (χ0) is 22.1. The van der Waals surface area contributed by atoms with Gasteiger partial charge in [-0.3, -0.25) is 4.79 Å². The van der Waals surface area contributed by atoms with Crippen LogP contribution in [0.25, 0.3) is 0 Å². The van der Waals surface area contributed by atoms with Crippen molar-refractivity contribution in [2.75, 3.05) is 13.2 Å². The predicted molar refractivity (Wildman–Crippen MR) is 112 cm³/mol. The number of aliphatic hydroxyl groups is 4. The van der Waals surface area contributed by atoms with Crippen LogP contribution in [0.15, 0.2) is 12.1 Å². The number of aromatic hydroxyl groups is 1. The lowest BCUT2D eigenvalue weighted by Crippen LogP contribution is -2.54. The fourth-order valence-electron chi connectivity index (χ4n) is 3.42. The summed E-state index contributed by atoms with van der Waals surface area (Å²) in [6.45, 7) is 10.1. The quantitative estimate of drug-likeness (QED) is 0.378. The van der Waals surface area contributed by atoms with Gasteiger partial charge in [-0.2, -0.15) is 0 Å². The Morgan fingerprint density at radius 3 is 1.54 bits per heavy atom. The largest absolute Gasteiger partial charge is 0.507 e. The number of benzene rings is 1. The highest BCUT2D eigenvalue weighted by Gasteiger charge is 2.49. The van der Waals surface area contributed by atoms with Crippen LogP contribution in [0.2, 0.25) is 0 Å². The molecular formula is C21H34O6S. The molecule has 160 valence electrons. The van der Waals surface area contributed by atoms with Gasteiger partial charge in [-0.15, -0.1) is 12.6 Å². The second kappa shape index (κ2) is 8.71. The number of carbonyl (C=O) groups is 1. The number of carbonyl (C=O) groups excluding carboxylic acids is 1. The molecule has 2 atom stereocenters. The molecule has 0 spiro atoms. The maximum absolute atomic E-state index is 12.4. The molecule has 6 nitrogen and oxygen atoms in total. The molecule has 0 saturated heterocycles. The molecule has 0 fully saturated rings. The molecule has 0 aliphatic heterocycles. The first kappa shape index (κ1) is 24.9. The smallest absolute Gasteiger partial charge is 0.197 e. The molecule has 0 amide bonds. The van der Waals surface area contributed by atoms with Crippen LogP contribution in [0.4, 0.5) is 0 Å². The highest BCUT2D eigenvalue weighted by Crippen LogP contribution is 2.42. The normalized spacial score (nSPS) is 17.1. The molecule has 28 heavy (non-hydrogen) atoms. The van der Waals surface area contributed by atoms with Crippen LogP contribution < -0.4 is 0 Å². The highest BCUT2D eigenvalue weighted by atomic mass is 32.1. The highest BCUT2D eigenvalue weighted by molar-refractivity contribution is 7.96. The number of hydrogen-bond donors (Lipinski definition) is 6. The molecule has 0 bridgehead atoms. The van der Waals surface area contributed by atoms with Crippen molar-refractivity contribution in [2.45, 2.75) is 71.0 Å². The number of aliphatic hydroxyl groups excluding tert-OH is 4. The summed E-state index contributed by atoms with van der Waals surface area (Å²) < 4.78 is 0. The van der Waals surface area contributed by atoms with Gasteiger partial charge in [0.2, 0.25) is 0 Å². The van der Waals surface area contributed by atoms with Crippen molar-refractivity contribution < 1.29 is 30.3 Å². The SMILES string of the molecule is CC(C)(C)c1cc(CC(C(=O)S)(C(O)CO)C(O)CO)cc(C(C)(C)C)c1O. The Balaban J connectivity index is 3.75. The van der Waals surface area contributed by atoms with E-state index in [0.29, 0.717) is 16.7 Å². The van der Waals surface area contributed by atoms with E-state index < -0.39 is 46.8 Å². The summed E-state index contributed by atoms with van der Waals surface area (Å²) in [6.07, 6.45) is -3.40. The molecule has 5 N–H and O–H groups in total. The Morgan fingerprint density at radius 2 is 1.29 bits per heavy atom. The van der Waals surface area contributed by atoms with Gasteiger partial charge in [0, 0.05) is 0 Å². The number of phenolic OH excluding ortho intramolecular Hbond substituents is 1. The summed E-state index contributed by atoms with van der Waals surface area (Å²) in [7, 11) is 0. The lowest BCUT2D eigenvalue weighted by atomic mass is 9.71. The standard InChI is InChI=1S/C21H34O6S/c1-19(2,3)13-7-12(8-14(17(13)26)20(4,5)6)9-21(18(27)28,15(24)10-22)16(25)11-23/h7-8,15-16,22-26H,9-11H2,1-6H3,(H,27,28). The monoisotopic (exact) mass is 414 g/mol. The minimum absolute atomic E-state index is 0.161. The lowest BCUT2D eigenvalue weighted by Gasteiger charge is -2.38. The van der Waals surface area contributed by atoms with Gasteiger partial charge in [-0.1, -0.05) is 53.7 Å². The van der Waals surface area contributed by atoms with E-state index in [0.717, 1.165) is 0 Å². The predicted octanol–water partition coefficient (Wildman–Crippen LogP) is 1.68. The molecule has 1 aromatic rings. The number of hydrogen-bond acceptors (Lipinski definition) is 6. The summed E-state index contributed by atoms with van der Waals surface area (Å²) in [5, 5.41) is 49.7. The zero-order valence-electron chi connectivity index (χ0n) is 17.5. The van der Waals surface area contributed by atoms with E-state index in [1.807, 2.05) is 41.5 Å². The minimum atomic E-state index is -1.89. The van der Waals surface area contributed by atoms with Gasteiger partial charge in [0.15, 0.2) is 5.12 Å². The number of rotatable bonds is 7. The summed E-state index contributed by atoms with van der Waals surface area (Å²) in [5.41, 5.74) is -0.805. The molecular weight excluding hydrogens is 380 g/mol. The second-order valence-corrected chi connectivity index (χ2v) is 9.86. The Kier molecular flexibility index (Phi) is 7.75. The molecule has 0 heterocycles. The fourth-order valence-corrected chi connectivity index (χ4v) is 3.80. The van der Waals surface area contributed by atoms with Crippen molar-refractivity contribution in [2.24, 2.45) is 5.41 Å². The van der Waals surface area contributed by atoms with Crippen LogP contribution in [-0.2, 0) is 22.0 Å². The van der Waals surface area contributed by atoms with E-state index >= 15 is 0 Å². The topological polar surface area (TPSA) is 118 Å². The van der Waals surface area contributed by atoms with E-state index in [1.165, 1.54) is 0 Å². The summed E-state index contributed by atoms with van der Waals surface area (Å²) in [4.78, 5) is 12.4. The molecule has 0 aromatic heterocycles. The van der Waals surface area contributed by atoms with Crippen LogP contribution in [-0.4, -0.2) is 56.1 Å². The van der Waals surface area contributed by atoms with Crippen molar-refractivity contribution in [1.29, 1.82) is 0 Å². The molecule has 0 radical (unpaired) electrons. The fraction of sp³-hybridized carbons (Fsp3) is 0.667. The second-order valence-electron chi connectivity index (χ2n) is 9.46. The third-order valence-corrected chi connectivity index (χ3v) is 5.63. The van der Waals surface area contributed by atoms with E-state index in [4.69, 9.17) is 0 Å². The van der Waals surface area contributed by atoms with Crippen LogP contribution >= 0.6 is 12.6 Å². The van der Waals surface area contributed by atoms with Crippen LogP contribution in [0, 0.1) is 5.41 Å². The van der Waals surface area contributed by atoms with E-state index in [1.54, 1.807) is 12.1 Å². The van der Waals surface area contributed by atoms with Gasteiger partial charge in [-0.25, -0.2) is 0 Å². The molecule has 0 saturated carbocycles. The van der Waals surface area contributed by atoms with Crippen molar-refractivity contribution >= 4 is 17.7 Å². The van der Waals surface area contributed by atoms with E-state index in [-0.39, 0.29) is 12.2 Å². The average Bonchev–Trinajstić information content (AvgIpc) is 2.56. The third kappa shape index (κ3) is 4.89. The Morgan fingerprint density at radius 1 is 0.929 bits per heavy atom. The van der Waals surface area contributed by atoms with Crippen LogP contribution in [0.3, 0.4) is 0 Å². The van der Waals surface area contributed by atoms with Gasteiger partial charge >= 0.3 is 0 Å². The zero-order valence-corrected chi connectivity index (χ0v) is 18.4. The Labute approximate surface area is 172 Å². The summed E-state index contributed by atoms with van der Waals surface area (Å²) >= 11 is 3.85. The average molecular weight is 415 g/mol. The maximum Gasteiger partial charge on any atom is 0.197 e. The first-order chi connectivity index (χ1) is 12.6. The Hall–Kier alpha value is -1.12. The maximum atomic E-state index is 12.4. The van der Waals surface area contributed by atoms with E-state index in [2.05, 4.69) is 12.6 Å². The van der Waals surface area contributed by atoms with Crippen LogP contribution in [0.1, 0.15) is 58.2 Å². The van der Waals surface area contributed by atoms with E-state index in [9.17, 15) is 30.3 Å². The molecule has 1 rings (SSSR count). The van der Waals surface area contributed by atoms with Gasteiger partial charge in [0.1, 0.15) is 5.75 Å². The first-order valence-corrected chi connectivity index (χ1v) is 9.75. The van der Waals surface area contributed by atoms with Gasteiger partial charge < -0.3 is 25.5 Å².